The maximum Gasteiger partial charge on any atom is 0.252 e. The Morgan fingerprint density at radius 2 is 1.08 bits per heavy atom. The van der Waals surface area contributed by atoms with Gasteiger partial charge < -0.3 is 40.5 Å². The molecular weight excluding hydrogens is 612 g/mol. The van der Waals surface area contributed by atoms with Gasteiger partial charge in [0.15, 0.2) is 12.2 Å². The summed E-state index contributed by atoms with van der Waals surface area (Å²) in [5.74, 6) is -1.54. The first-order valence-electron chi connectivity index (χ1n) is 16.1. The summed E-state index contributed by atoms with van der Waals surface area (Å²) in [6.07, 6.45) is -8.34. The summed E-state index contributed by atoms with van der Waals surface area (Å²) >= 11 is 0. The Labute approximate surface area is 279 Å². The van der Waals surface area contributed by atoms with Crippen LogP contribution < -0.4 is 10.6 Å². The van der Waals surface area contributed by atoms with Crippen LogP contribution in [-0.2, 0) is 45.1 Å². The van der Waals surface area contributed by atoms with Crippen molar-refractivity contribution in [3.63, 3.8) is 0 Å². The third-order valence-corrected chi connectivity index (χ3v) is 9.06. The zero-order chi connectivity index (χ0) is 33.6. The average Bonchev–Trinajstić information content (AvgIpc) is 3.60. The van der Waals surface area contributed by atoms with E-state index in [1.165, 1.54) is 0 Å². The smallest absolute Gasteiger partial charge is 0.252 e. The summed E-state index contributed by atoms with van der Waals surface area (Å²) in [5.41, 5.74) is 4.65. The minimum absolute atomic E-state index is 0.0804. The Bertz CT molecular complexity index is 1690. The maximum atomic E-state index is 13.8. The summed E-state index contributed by atoms with van der Waals surface area (Å²) in [6.45, 7) is -0.163. The van der Waals surface area contributed by atoms with Gasteiger partial charge in [0.25, 0.3) is 11.8 Å². The van der Waals surface area contributed by atoms with Gasteiger partial charge in [-0.25, -0.2) is 0 Å². The fraction of sp³-hybridized carbons (Fsp3) is 0.316. The van der Waals surface area contributed by atoms with Crippen LogP contribution in [0.4, 0.5) is 0 Å². The molecule has 0 fully saturated rings. The van der Waals surface area contributed by atoms with Gasteiger partial charge in [0.2, 0.25) is 0 Å². The van der Waals surface area contributed by atoms with E-state index in [0.717, 1.165) is 16.7 Å². The van der Waals surface area contributed by atoms with E-state index in [1.807, 2.05) is 54.6 Å². The highest BCUT2D eigenvalue weighted by atomic mass is 16.5. The third-order valence-electron chi connectivity index (χ3n) is 9.06. The van der Waals surface area contributed by atoms with Crippen LogP contribution in [-0.4, -0.2) is 68.8 Å². The van der Waals surface area contributed by atoms with Crippen LogP contribution in [0.5, 0.6) is 0 Å². The number of aliphatic hydroxyl groups excluding tert-OH is 4. The van der Waals surface area contributed by atoms with Crippen molar-refractivity contribution in [3.05, 3.63) is 143 Å². The van der Waals surface area contributed by atoms with Gasteiger partial charge in [-0.15, -0.1) is 0 Å². The standard InChI is InChI=1S/C38H40N2O8/c41-30-20-26-16-7-9-17-27(26)31(30)40-38(46)36(48-22-24-13-5-2-6-14-24)34(44)33(43)35(47-21-23-11-3-1-4-12-23)37(45)39-29-19-25-15-8-10-18-28(25)32(29)42/h1-18,29-36,41-44H,19-22H2,(H,39,45)(H,40,46)/t29?,30-,31+,32+,33-,34-,35-,36-/m1/s1. The van der Waals surface area contributed by atoms with Gasteiger partial charge in [-0.2, -0.15) is 0 Å². The quantitative estimate of drug-likeness (QED) is 0.129. The molecule has 4 aromatic carbocycles. The molecule has 0 spiro atoms. The molecule has 0 aliphatic heterocycles. The van der Waals surface area contributed by atoms with Gasteiger partial charge >= 0.3 is 0 Å². The molecule has 2 aliphatic rings. The molecule has 6 rings (SSSR count). The van der Waals surface area contributed by atoms with E-state index in [0.29, 0.717) is 29.5 Å². The van der Waals surface area contributed by atoms with E-state index >= 15 is 0 Å². The Kier molecular flexibility index (Phi) is 10.6. The number of carbonyl (C=O) groups excluding carboxylic acids is 2. The fourth-order valence-electron chi connectivity index (χ4n) is 6.49. The molecule has 48 heavy (non-hydrogen) atoms. The highest BCUT2D eigenvalue weighted by molar-refractivity contribution is 5.84. The average molecular weight is 653 g/mol. The number of benzene rings is 4. The first-order valence-corrected chi connectivity index (χ1v) is 16.1. The van der Waals surface area contributed by atoms with E-state index in [2.05, 4.69) is 10.6 Å². The second-order valence-electron chi connectivity index (χ2n) is 12.3. The number of rotatable bonds is 13. The molecule has 0 radical (unpaired) electrons. The topological polar surface area (TPSA) is 158 Å². The summed E-state index contributed by atoms with van der Waals surface area (Å²) in [7, 11) is 0. The monoisotopic (exact) mass is 652 g/mol. The van der Waals surface area contributed by atoms with Crippen LogP contribution in [0.3, 0.4) is 0 Å². The van der Waals surface area contributed by atoms with Crippen LogP contribution in [0.15, 0.2) is 109 Å². The van der Waals surface area contributed by atoms with E-state index in [-0.39, 0.29) is 13.2 Å². The molecule has 1 unspecified atom stereocenters. The summed E-state index contributed by atoms with van der Waals surface area (Å²) in [5, 5.41) is 50.6. The van der Waals surface area contributed by atoms with E-state index < -0.39 is 60.5 Å². The van der Waals surface area contributed by atoms with Crippen LogP contribution in [0.1, 0.15) is 45.5 Å². The highest BCUT2D eigenvalue weighted by Gasteiger charge is 2.44. The molecule has 0 aromatic heterocycles. The van der Waals surface area contributed by atoms with Gasteiger partial charge in [0.1, 0.15) is 12.2 Å². The largest absolute Gasteiger partial charge is 0.390 e. The van der Waals surface area contributed by atoms with Crippen molar-refractivity contribution in [1.82, 2.24) is 10.6 Å². The van der Waals surface area contributed by atoms with Gasteiger partial charge in [0.05, 0.1) is 37.5 Å². The van der Waals surface area contributed by atoms with Gasteiger partial charge in [-0.1, -0.05) is 109 Å². The molecule has 10 nitrogen and oxygen atoms in total. The SMILES string of the molecule is O=C(NC1Cc2ccccc2[C@@H]1O)[C@H](OCc1ccccc1)[C@H](O)[C@@H](O)[C@@H](OCc1ccccc1)C(=O)N[C@H]1c2ccccc2C[C@H]1O. The van der Waals surface area contributed by atoms with Gasteiger partial charge in [-0.3, -0.25) is 9.59 Å². The van der Waals surface area contributed by atoms with Crippen molar-refractivity contribution in [2.24, 2.45) is 0 Å². The lowest BCUT2D eigenvalue weighted by Crippen LogP contribution is -2.57. The molecule has 8 atom stereocenters. The second-order valence-corrected chi connectivity index (χ2v) is 12.3. The molecule has 10 heteroatoms. The van der Waals surface area contributed by atoms with Crippen LogP contribution in [0.25, 0.3) is 0 Å². The number of hydrogen-bond acceptors (Lipinski definition) is 8. The number of ether oxygens (including phenoxy) is 2. The summed E-state index contributed by atoms with van der Waals surface area (Å²) < 4.78 is 11.9. The van der Waals surface area contributed by atoms with Crippen LogP contribution in [0.2, 0.25) is 0 Å². The molecule has 6 N–H and O–H groups in total. The van der Waals surface area contributed by atoms with E-state index in [4.69, 9.17) is 9.47 Å². The van der Waals surface area contributed by atoms with Crippen molar-refractivity contribution < 1.29 is 39.5 Å². The number of hydrogen-bond donors (Lipinski definition) is 6. The summed E-state index contributed by atoms with van der Waals surface area (Å²) in [4.78, 5) is 27.6. The minimum atomic E-state index is -1.93. The van der Waals surface area contributed by atoms with Crippen molar-refractivity contribution in [1.29, 1.82) is 0 Å². The normalized spacial score (nSPS) is 22.2. The van der Waals surface area contributed by atoms with Crippen LogP contribution in [0, 0.1) is 0 Å². The van der Waals surface area contributed by atoms with Crippen LogP contribution >= 0.6 is 0 Å². The van der Waals surface area contributed by atoms with E-state index in [1.54, 1.807) is 54.6 Å². The lowest BCUT2D eigenvalue weighted by atomic mass is 9.99. The van der Waals surface area contributed by atoms with Gasteiger partial charge in [0, 0.05) is 6.42 Å². The molecule has 0 bridgehead atoms. The zero-order valence-corrected chi connectivity index (χ0v) is 26.3. The molecule has 0 saturated heterocycles. The summed E-state index contributed by atoms with van der Waals surface area (Å²) in [6, 6.07) is 31.3. The molecule has 250 valence electrons. The predicted molar refractivity (Wildman–Crippen MR) is 176 cm³/mol. The molecular formula is C38H40N2O8. The zero-order valence-electron chi connectivity index (χ0n) is 26.3. The second kappa shape index (κ2) is 15.2. The van der Waals surface area contributed by atoms with Crippen molar-refractivity contribution in [2.45, 2.75) is 74.8 Å². The first kappa shape index (κ1) is 33.5. The molecule has 0 saturated carbocycles. The van der Waals surface area contributed by atoms with Crippen molar-refractivity contribution >= 4 is 11.8 Å². The lowest BCUT2D eigenvalue weighted by molar-refractivity contribution is -0.171. The minimum Gasteiger partial charge on any atom is -0.390 e. The number of aliphatic hydroxyl groups is 4. The number of carbonyl (C=O) groups is 2. The number of nitrogens with one attached hydrogen (secondary N) is 2. The highest BCUT2D eigenvalue weighted by Crippen LogP contribution is 2.33. The predicted octanol–water partition coefficient (Wildman–Crippen LogP) is 2.43. The van der Waals surface area contributed by atoms with Gasteiger partial charge in [-0.05, 0) is 39.8 Å². The Hall–Kier alpha value is -4.42. The van der Waals surface area contributed by atoms with E-state index in [9.17, 15) is 30.0 Å². The van der Waals surface area contributed by atoms with Crippen molar-refractivity contribution in [2.75, 3.05) is 0 Å². The Morgan fingerprint density at radius 1 is 0.625 bits per heavy atom. The first-order chi connectivity index (χ1) is 23.3. The molecule has 0 heterocycles. The molecule has 2 aliphatic carbocycles. The Morgan fingerprint density at radius 3 is 1.62 bits per heavy atom. The van der Waals surface area contributed by atoms with Crippen molar-refractivity contribution in [3.8, 4) is 0 Å². The fourth-order valence-corrected chi connectivity index (χ4v) is 6.49. The Balaban J connectivity index is 1.23. The maximum absolute atomic E-state index is 13.8. The molecule has 4 aromatic rings. The molecule has 2 amide bonds. The lowest BCUT2D eigenvalue weighted by Gasteiger charge is -2.32. The number of fused-ring (bicyclic) bond motifs is 2. The number of amides is 2. The third kappa shape index (κ3) is 7.50.